The van der Waals surface area contributed by atoms with Gasteiger partial charge in [-0.05, 0) is 73.8 Å². The third-order valence-corrected chi connectivity index (χ3v) is 6.90. The van der Waals surface area contributed by atoms with E-state index in [1.165, 1.54) is 22.3 Å². The lowest BCUT2D eigenvalue weighted by Crippen LogP contribution is -2.25. The maximum absolute atomic E-state index is 13.1. The third kappa shape index (κ3) is 4.46. The van der Waals surface area contributed by atoms with E-state index >= 15 is 0 Å². The second kappa shape index (κ2) is 9.41. The van der Waals surface area contributed by atoms with E-state index in [0.717, 1.165) is 56.3 Å². The normalized spacial score (nSPS) is 14.6. The van der Waals surface area contributed by atoms with Gasteiger partial charge >= 0.3 is 0 Å². The number of nitrogens with zero attached hydrogens (tertiary/aromatic N) is 5. The van der Waals surface area contributed by atoms with Gasteiger partial charge in [0.15, 0.2) is 0 Å². The van der Waals surface area contributed by atoms with Crippen LogP contribution in [0.2, 0.25) is 0 Å². The molecule has 0 radical (unpaired) electrons. The van der Waals surface area contributed by atoms with E-state index in [4.69, 9.17) is 4.98 Å². The first kappa shape index (κ1) is 21.6. The molecule has 0 spiro atoms. The van der Waals surface area contributed by atoms with Crippen LogP contribution in [-0.4, -0.2) is 37.2 Å². The molecule has 4 aromatic rings. The van der Waals surface area contributed by atoms with Crippen LogP contribution < -0.4 is 5.32 Å². The molecule has 1 amide bonds. The summed E-state index contributed by atoms with van der Waals surface area (Å²) >= 11 is 0. The number of pyridine rings is 1. The molecule has 2 aliphatic rings. The van der Waals surface area contributed by atoms with Crippen LogP contribution in [0, 0.1) is 0 Å². The average Bonchev–Trinajstić information content (AvgIpc) is 3.68. The maximum atomic E-state index is 13.1. The number of aromatic nitrogens is 5. The first-order valence-electron chi connectivity index (χ1n) is 12.5. The Morgan fingerprint density at radius 2 is 1.86 bits per heavy atom. The number of carbonyl (C=O) groups is 1. The van der Waals surface area contributed by atoms with Crippen molar-refractivity contribution >= 4 is 5.91 Å². The molecule has 0 atom stereocenters. The lowest BCUT2D eigenvalue weighted by Gasteiger charge is -2.12. The van der Waals surface area contributed by atoms with Crippen LogP contribution in [0.25, 0.3) is 17.2 Å². The van der Waals surface area contributed by atoms with Crippen molar-refractivity contribution in [2.24, 2.45) is 0 Å². The lowest BCUT2D eigenvalue weighted by atomic mass is 10.0. The van der Waals surface area contributed by atoms with Gasteiger partial charge in [0.25, 0.3) is 11.9 Å². The number of hydrogen-bond acceptors (Lipinski definition) is 5. The summed E-state index contributed by atoms with van der Waals surface area (Å²) in [6.07, 6.45) is 14.2. The zero-order chi connectivity index (χ0) is 23.6. The highest BCUT2D eigenvalue weighted by molar-refractivity contribution is 5.95. The minimum Gasteiger partial charge on any atom is -0.352 e. The number of nitrogens with one attached hydrogen (secondary N) is 1. The summed E-state index contributed by atoms with van der Waals surface area (Å²) in [7, 11) is 0. The van der Waals surface area contributed by atoms with Crippen LogP contribution in [0.4, 0.5) is 0 Å². The smallest absolute Gasteiger partial charge is 0.254 e. The molecular formula is C28H28N6O. The quantitative estimate of drug-likeness (QED) is 0.408. The highest BCUT2D eigenvalue weighted by Crippen LogP contribution is 2.42. The lowest BCUT2D eigenvalue weighted by molar-refractivity contribution is 0.0952. The van der Waals surface area contributed by atoms with Gasteiger partial charge in [0.1, 0.15) is 0 Å². The van der Waals surface area contributed by atoms with Gasteiger partial charge in [-0.2, -0.15) is 5.10 Å². The summed E-state index contributed by atoms with van der Waals surface area (Å²) in [5, 5.41) is 7.68. The molecule has 0 bridgehead atoms. The summed E-state index contributed by atoms with van der Waals surface area (Å²) in [4.78, 5) is 26.8. The highest BCUT2D eigenvalue weighted by Gasteiger charge is 2.33. The number of aryl methyl sites for hydroxylation is 3. The van der Waals surface area contributed by atoms with Crippen molar-refractivity contribution in [3.8, 4) is 17.2 Å². The van der Waals surface area contributed by atoms with Crippen molar-refractivity contribution in [3.05, 3.63) is 89.1 Å². The topological polar surface area (TPSA) is 85.6 Å². The van der Waals surface area contributed by atoms with E-state index in [1.54, 1.807) is 23.3 Å². The molecule has 1 saturated carbocycles. The number of amides is 1. The van der Waals surface area contributed by atoms with E-state index in [9.17, 15) is 4.79 Å². The fourth-order valence-corrected chi connectivity index (χ4v) is 4.94. The minimum absolute atomic E-state index is 0.0759. The van der Waals surface area contributed by atoms with Crippen molar-refractivity contribution in [3.63, 3.8) is 0 Å². The van der Waals surface area contributed by atoms with Gasteiger partial charge in [0, 0.05) is 36.6 Å². The standard InChI is InChI=1S/C28H28N6O/c35-27(30-14-4-5-19-12-15-29-16-13-19)24-18-32-34(26(24)21-10-11-21)28-31-17-22-8-3-7-20-6-1-2-9-23(20)25(22)33-28/h1-2,6,9,12-13,15-18,21H,3-5,7-8,10-11,14H2,(H,30,35). The molecule has 1 aromatic carbocycles. The fraction of sp³-hybridized carbons (Fsp3) is 0.321. The molecule has 6 rings (SSSR count). The maximum Gasteiger partial charge on any atom is 0.254 e. The van der Waals surface area contributed by atoms with Gasteiger partial charge in [-0.15, -0.1) is 0 Å². The van der Waals surface area contributed by atoms with Gasteiger partial charge in [0.05, 0.1) is 23.1 Å². The van der Waals surface area contributed by atoms with Crippen molar-refractivity contribution < 1.29 is 4.79 Å². The Kier molecular flexibility index (Phi) is 5.82. The van der Waals surface area contributed by atoms with Gasteiger partial charge < -0.3 is 5.32 Å². The number of fused-ring (bicyclic) bond motifs is 3. The molecule has 1 fully saturated rings. The Hall–Kier alpha value is -3.87. The number of rotatable bonds is 7. The Morgan fingerprint density at radius 3 is 2.71 bits per heavy atom. The highest BCUT2D eigenvalue weighted by atomic mass is 16.1. The summed E-state index contributed by atoms with van der Waals surface area (Å²) in [5.41, 5.74) is 7.45. The summed E-state index contributed by atoms with van der Waals surface area (Å²) < 4.78 is 1.79. The zero-order valence-corrected chi connectivity index (χ0v) is 19.7. The van der Waals surface area contributed by atoms with Crippen LogP contribution in [0.3, 0.4) is 0 Å². The molecule has 176 valence electrons. The Balaban J connectivity index is 1.25. The fourth-order valence-electron chi connectivity index (χ4n) is 4.94. The van der Waals surface area contributed by atoms with E-state index in [-0.39, 0.29) is 5.91 Å². The van der Waals surface area contributed by atoms with Gasteiger partial charge in [0.2, 0.25) is 0 Å². The molecule has 3 aromatic heterocycles. The van der Waals surface area contributed by atoms with Crippen molar-refractivity contribution in [2.45, 2.75) is 50.9 Å². The van der Waals surface area contributed by atoms with Crippen molar-refractivity contribution in [1.82, 2.24) is 30.0 Å². The molecule has 2 aliphatic carbocycles. The first-order valence-corrected chi connectivity index (χ1v) is 12.5. The predicted molar refractivity (Wildman–Crippen MR) is 133 cm³/mol. The summed E-state index contributed by atoms with van der Waals surface area (Å²) in [5.74, 6) is 0.789. The second-order valence-electron chi connectivity index (χ2n) is 9.40. The minimum atomic E-state index is -0.0759. The molecule has 1 N–H and O–H groups in total. The SMILES string of the molecule is O=C(NCCCc1ccncc1)c1cnn(-c2ncc3c(n2)-c2ccccc2CCC3)c1C1CC1. The second-order valence-corrected chi connectivity index (χ2v) is 9.40. The Labute approximate surface area is 204 Å². The molecule has 35 heavy (non-hydrogen) atoms. The van der Waals surface area contributed by atoms with Crippen molar-refractivity contribution in [1.29, 1.82) is 0 Å². The van der Waals surface area contributed by atoms with E-state index in [2.05, 4.69) is 44.6 Å². The number of carbonyl (C=O) groups excluding carboxylic acids is 1. The van der Waals surface area contributed by atoms with Crippen molar-refractivity contribution in [2.75, 3.05) is 6.54 Å². The first-order chi connectivity index (χ1) is 17.3. The van der Waals surface area contributed by atoms with Gasteiger partial charge in [-0.3, -0.25) is 9.78 Å². The van der Waals surface area contributed by atoms with Crippen LogP contribution in [0.1, 0.15) is 64.3 Å². The largest absolute Gasteiger partial charge is 0.352 e. The molecule has 7 nitrogen and oxygen atoms in total. The predicted octanol–water partition coefficient (Wildman–Crippen LogP) is 4.45. The van der Waals surface area contributed by atoms with Gasteiger partial charge in [-0.1, -0.05) is 24.3 Å². The Morgan fingerprint density at radius 1 is 1.03 bits per heavy atom. The van der Waals surface area contributed by atoms with E-state index < -0.39 is 0 Å². The average molecular weight is 465 g/mol. The number of hydrogen-bond donors (Lipinski definition) is 1. The van der Waals surface area contributed by atoms with Crippen LogP contribution in [-0.2, 0) is 19.3 Å². The molecule has 3 heterocycles. The number of benzene rings is 1. The third-order valence-electron chi connectivity index (χ3n) is 6.90. The van der Waals surface area contributed by atoms with E-state index in [0.29, 0.717) is 24.0 Å². The van der Waals surface area contributed by atoms with E-state index in [1.807, 2.05) is 18.3 Å². The van der Waals surface area contributed by atoms with Crippen LogP contribution >= 0.6 is 0 Å². The summed E-state index contributed by atoms with van der Waals surface area (Å²) in [6, 6.07) is 12.5. The van der Waals surface area contributed by atoms with Crippen LogP contribution in [0.5, 0.6) is 0 Å². The van der Waals surface area contributed by atoms with Gasteiger partial charge in [-0.25, -0.2) is 14.6 Å². The summed E-state index contributed by atoms with van der Waals surface area (Å²) in [6.45, 7) is 0.614. The molecule has 0 aliphatic heterocycles. The Bertz CT molecular complexity index is 1360. The van der Waals surface area contributed by atoms with Crippen LogP contribution in [0.15, 0.2) is 61.2 Å². The monoisotopic (exact) mass is 464 g/mol. The molecule has 7 heteroatoms. The molecule has 0 saturated heterocycles. The molecular weight excluding hydrogens is 436 g/mol. The molecule has 0 unspecified atom stereocenters. The zero-order valence-electron chi connectivity index (χ0n) is 19.7.